The fraction of sp³-hybridized carbons (Fsp3) is 0.172. The monoisotopic (exact) mass is 501 g/mol. The van der Waals surface area contributed by atoms with E-state index in [1.54, 1.807) is 6.92 Å². The van der Waals surface area contributed by atoms with Gasteiger partial charge in [0, 0.05) is 5.56 Å². The normalized spacial score (nSPS) is 14.6. The summed E-state index contributed by atoms with van der Waals surface area (Å²) in [4.78, 5) is 24.1. The lowest BCUT2D eigenvalue weighted by molar-refractivity contribution is -0.140. The van der Waals surface area contributed by atoms with Crippen LogP contribution >= 0.6 is 11.6 Å². The smallest absolute Gasteiger partial charge is 0.412 e. The first kappa shape index (κ1) is 23.7. The van der Waals surface area contributed by atoms with Crippen molar-refractivity contribution in [2.45, 2.75) is 31.3 Å². The zero-order valence-electron chi connectivity index (χ0n) is 19.5. The molecule has 2 N–H and O–H groups in total. The van der Waals surface area contributed by atoms with Crippen molar-refractivity contribution in [2.24, 2.45) is 0 Å². The van der Waals surface area contributed by atoms with E-state index in [9.17, 15) is 14.7 Å². The number of rotatable bonds is 7. The molecule has 6 nitrogen and oxygen atoms in total. The molecule has 1 saturated carbocycles. The zero-order chi connectivity index (χ0) is 25.3. The van der Waals surface area contributed by atoms with Crippen LogP contribution in [0, 0.1) is 0 Å². The number of carboxylic acids is 1. The molecule has 1 aromatic heterocycles. The average Bonchev–Trinajstić information content (AvgIpc) is 3.64. The van der Waals surface area contributed by atoms with Crippen LogP contribution in [0.1, 0.15) is 37.0 Å². The Labute approximate surface area is 213 Å². The van der Waals surface area contributed by atoms with Crippen LogP contribution in [0.5, 0.6) is 0 Å². The van der Waals surface area contributed by atoms with Crippen molar-refractivity contribution < 1.29 is 23.8 Å². The van der Waals surface area contributed by atoms with E-state index >= 15 is 0 Å². The minimum absolute atomic E-state index is 0.265. The number of ether oxygens (including phenoxy) is 1. The second kappa shape index (κ2) is 9.55. The van der Waals surface area contributed by atoms with E-state index in [0.717, 1.165) is 27.8 Å². The van der Waals surface area contributed by atoms with Crippen LogP contribution < -0.4 is 5.32 Å². The summed E-state index contributed by atoms with van der Waals surface area (Å²) >= 11 is 6.29. The van der Waals surface area contributed by atoms with Crippen LogP contribution in [0.25, 0.3) is 22.5 Å². The summed E-state index contributed by atoms with van der Waals surface area (Å²) in [6.07, 6.45) is 1.66. The summed E-state index contributed by atoms with van der Waals surface area (Å²) in [6.45, 7) is 1.80. The molecule has 1 amide bonds. The second-order valence-electron chi connectivity index (χ2n) is 8.91. The number of furan rings is 1. The van der Waals surface area contributed by atoms with Gasteiger partial charge in [0.1, 0.15) is 23.1 Å². The van der Waals surface area contributed by atoms with Crippen molar-refractivity contribution in [1.29, 1.82) is 0 Å². The highest BCUT2D eigenvalue weighted by atomic mass is 35.5. The first-order valence-electron chi connectivity index (χ1n) is 11.6. The number of carboxylic acid groups (broad SMARTS) is 1. The molecular formula is C29H24ClNO5. The number of hydrogen-bond acceptors (Lipinski definition) is 4. The quantitative estimate of drug-likeness (QED) is 0.271. The molecule has 36 heavy (non-hydrogen) atoms. The van der Waals surface area contributed by atoms with Crippen molar-refractivity contribution in [1.82, 2.24) is 0 Å². The summed E-state index contributed by atoms with van der Waals surface area (Å²) in [5, 5.41) is 12.5. The van der Waals surface area contributed by atoms with Gasteiger partial charge in [-0.3, -0.25) is 10.1 Å². The molecule has 7 heteroatoms. The highest BCUT2D eigenvalue weighted by molar-refractivity contribution is 6.34. The maximum Gasteiger partial charge on any atom is 0.412 e. The first-order chi connectivity index (χ1) is 17.4. The van der Waals surface area contributed by atoms with E-state index in [1.165, 1.54) is 6.26 Å². The lowest BCUT2D eigenvalue weighted by atomic mass is 9.93. The van der Waals surface area contributed by atoms with Crippen molar-refractivity contribution >= 4 is 29.4 Å². The first-order valence-corrected chi connectivity index (χ1v) is 12.0. The Bertz CT molecular complexity index is 1390. The van der Waals surface area contributed by atoms with Crippen LogP contribution in [0.2, 0.25) is 5.02 Å². The van der Waals surface area contributed by atoms with Crippen molar-refractivity contribution in [3.05, 3.63) is 101 Å². The fourth-order valence-corrected chi connectivity index (χ4v) is 4.47. The van der Waals surface area contributed by atoms with Gasteiger partial charge in [-0.05, 0) is 42.0 Å². The van der Waals surface area contributed by atoms with Gasteiger partial charge >= 0.3 is 12.1 Å². The average molecular weight is 502 g/mol. The Balaban J connectivity index is 1.30. The summed E-state index contributed by atoms with van der Waals surface area (Å²) < 4.78 is 11.1. The van der Waals surface area contributed by atoms with Gasteiger partial charge in [0.15, 0.2) is 5.76 Å². The van der Waals surface area contributed by atoms with E-state index in [1.807, 2.05) is 78.9 Å². The fourth-order valence-electron chi connectivity index (χ4n) is 4.30. The summed E-state index contributed by atoms with van der Waals surface area (Å²) in [5.41, 5.74) is 4.01. The largest absolute Gasteiger partial charge is 0.481 e. The van der Waals surface area contributed by atoms with Gasteiger partial charge in [0.05, 0.1) is 5.41 Å². The minimum atomic E-state index is -0.764. The third kappa shape index (κ3) is 4.60. The number of anilines is 1. The van der Waals surface area contributed by atoms with E-state index in [4.69, 9.17) is 20.8 Å². The molecule has 0 unspecified atom stereocenters. The number of aliphatic carboxylic acids is 1. The predicted octanol–water partition coefficient (Wildman–Crippen LogP) is 7.69. The van der Waals surface area contributed by atoms with Gasteiger partial charge in [-0.25, -0.2) is 4.79 Å². The van der Waals surface area contributed by atoms with Gasteiger partial charge in [-0.1, -0.05) is 90.5 Å². The Morgan fingerprint density at radius 2 is 1.53 bits per heavy atom. The Morgan fingerprint density at radius 1 is 0.944 bits per heavy atom. The minimum Gasteiger partial charge on any atom is -0.481 e. The molecule has 182 valence electrons. The molecule has 0 aliphatic heterocycles. The van der Waals surface area contributed by atoms with Gasteiger partial charge in [0.2, 0.25) is 0 Å². The molecule has 5 rings (SSSR count). The predicted molar refractivity (Wildman–Crippen MR) is 138 cm³/mol. The molecule has 1 atom stereocenters. The number of amides is 1. The number of hydrogen-bond donors (Lipinski definition) is 2. The molecule has 0 radical (unpaired) electrons. The topological polar surface area (TPSA) is 88.8 Å². The summed E-state index contributed by atoms with van der Waals surface area (Å²) in [7, 11) is 0. The SMILES string of the molecule is C[C@@H](OC(=O)Nc1c(Cl)coc1-c1ccc(-c2ccc(C3(C(=O)O)CC3)cc2)cc1)c1ccccc1. The molecule has 4 aromatic rings. The lowest BCUT2D eigenvalue weighted by Crippen LogP contribution is -2.19. The Hall–Kier alpha value is -4.03. The van der Waals surface area contributed by atoms with Gasteiger partial charge in [-0.15, -0.1) is 0 Å². The van der Waals surface area contributed by atoms with Crippen LogP contribution in [0.3, 0.4) is 0 Å². The third-order valence-electron chi connectivity index (χ3n) is 6.60. The number of benzene rings is 3. The molecule has 0 spiro atoms. The number of carbonyl (C=O) groups excluding carboxylic acids is 1. The Kier molecular flexibility index (Phi) is 6.29. The second-order valence-corrected chi connectivity index (χ2v) is 9.32. The van der Waals surface area contributed by atoms with Crippen molar-refractivity contribution in [3.63, 3.8) is 0 Å². The Morgan fingerprint density at radius 3 is 2.11 bits per heavy atom. The van der Waals surface area contributed by atoms with E-state index < -0.39 is 23.6 Å². The molecule has 0 bridgehead atoms. The molecule has 1 heterocycles. The highest BCUT2D eigenvalue weighted by Crippen LogP contribution is 2.48. The lowest BCUT2D eigenvalue weighted by Gasteiger charge is -2.14. The maximum atomic E-state index is 12.5. The molecule has 1 fully saturated rings. The maximum absolute atomic E-state index is 12.5. The number of halogens is 1. The van der Waals surface area contributed by atoms with E-state index in [0.29, 0.717) is 24.3 Å². The molecule has 3 aromatic carbocycles. The highest BCUT2D eigenvalue weighted by Gasteiger charge is 2.51. The summed E-state index contributed by atoms with van der Waals surface area (Å²) in [5.74, 6) is -0.345. The molecule has 1 aliphatic carbocycles. The third-order valence-corrected chi connectivity index (χ3v) is 6.88. The van der Waals surface area contributed by atoms with Gasteiger partial charge in [-0.2, -0.15) is 0 Å². The zero-order valence-corrected chi connectivity index (χ0v) is 20.3. The van der Waals surface area contributed by atoms with Crippen LogP contribution in [-0.4, -0.2) is 17.2 Å². The van der Waals surface area contributed by atoms with E-state index in [2.05, 4.69) is 5.32 Å². The number of nitrogens with one attached hydrogen (secondary N) is 1. The van der Waals surface area contributed by atoms with Gasteiger partial charge < -0.3 is 14.3 Å². The molecular weight excluding hydrogens is 478 g/mol. The van der Waals surface area contributed by atoms with Gasteiger partial charge in [0.25, 0.3) is 0 Å². The standard InChI is InChI=1S/C29H24ClNO5/c1-18(19-5-3-2-4-6-19)36-28(34)31-25-24(30)17-35-26(25)22-9-7-20(8-10-22)21-11-13-23(14-12-21)29(15-16-29)27(32)33/h2-14,17-18H,15-16H2,1H3,(H,31,34)(H,32,33)/t18-/m1/s1. The van der Waals surface area contributed by atoms with Crippen LogP contribution in [0.15, 0.2) is 89.5 Å². The van der Waals surface area contributed by atoms with E-state index in [-0.39, 0.29) is 5.02 Å². The van der Waals surface area contributed by atoms with Crippen LogP contribution in [-0.2, 0) is 14.9 Å². The van der Waals surface area contributed by atoms with Crippen molar-refractivity contribution in [2.75, 3.05) is 5.32 Å². The molecule has 1 aliphatic rings. The number of carbonyl (C=O) groups is 2. The molecule has 0 saturated heterocycles. The van der Waals surface area contributed by atoms with Crippen LogP contribution in [0.4, 0.5) is 10.5 Å². The summed E-state index contributed by atoms with van der Waals surface area (Å²) in [6, 6.07) is 24.7. The van der Waals surface area contributed by atoms with Crippen molar-refractivity contribution in [3.8, 4) is 22.5 Å².